The molecule has 8 heteroatoms. The van der Waals surface area contributed by atoms with E-state index in [0.717, 1.165) is 51.8 Å². The highest BCUT2D eigenvalue weighted by molar-refractivity contribution is 7.88. The van der Waals surface area contributed by atoms with E-state index in [1.807, 2.05) is 30.3 Å². The second-order valence-corrected chi connectivity index (χ2v) is 11.0. The van der Waals surface area contributed by atoms with Crippen molar-refractivity contribution in [3.8, 4) is 11.1 Å². The van der Waals surface area contributed by atoms with Gasteiger partial charge >= 0.3 is 0 Å². The lowest BCUT2D eigenvalue weighted by atomic mass is 9.92. The number of benzene rings is 2. The number of nitrogens with two attached hydrogens (primary N) is 1. The van der Waals surface area contributed by atoms with Gasteiger partial charge in [0.2, 0.25) is 10.0 Å². The zero-order chi connectivity index (χ0) is 23.9. The lowest BCUT2D eigenvalue weighted by molar-refractivity contribution is 0.319. The third-order valence-electron chi connectivity index (χ3n) is 6.62. The summed E-state index contributed by atoms with van der Waals surface area (Å²) in [4.78, 5) is 8.00. The normalized spacial score (nSPS) is 15.7. The molecule has 3 heterocycles. The van der Waals surface area contributed by atoms with Crippen LogP contribution >= 0.6 is 0 Å². The molecule has 4 aromatic rings. The molecule has 0 unspecified atom stereocenters. The van der Waals surface area contributed by atoms with Crippen molar-refractivity contribution in [1.29, 1.82) is 0 Å². The molecule has 0 atom stereocenters. The lowest BCUT2D eigenvalue weighted by Gasteiger charge is -2.29. The fraction of sp³-hybridized carbons (Fsp3) is 0.269. The monoisotopic (exact) mass is 478 g/mol. The molecular weight excluding hydrogens is 451 g/mol. The molecule has 0 amide bonds. The maximum absolute atomic E-state index is 13.8. The molecule has 1 saturated heterocycles. The highest BCUT2D eigenvalue weighted by atomic mass is 32.2. The number of hydrogen-bond donors (Lipinski definition) is 2. The first-order valence-electron chi connectivity index (χ1n) is 11.3. The smallest absolute Gasteiger partial charge is 0.211 e. The van der Waals surface area contributed by atoms with Crippen LogP contribution in [0.5, 0.6) is 0 Å². The highest BCUT2D eigenvalue weighted by Gasteiger charge is 2.27. The number of halogens is 1. The van der Waals surface area contributed by atoms with Gasteiger partial charge in [-0.2, -0.15) is 0 Å². The first-order chi connectivity index (χ1) is 16.3. The predicted molar refractivity (Wildman–Crippen MR) is 134 cm³/mol. The van der Waals surface area contributed by atoms with Crippen LogP contribution in [0.15, 0.2) is 60.8 Å². The molecule has 6 nitrogen and oxygen atoms in total. The predicted octanol–water partition coefficient (Wildman–Crippen LogP) is 4.68. The van der Waals surface area contributed by atoms with E-state index < -0.39 is 10.0 Å². The zero-order valence-electron chi connectivity index (χ0n) is 19.0. The van der Waals surface area contributed by atoms with Gasteiger partial charge in [-0.05, 0) is 77.9 Å². The Morgan fingerprint density at radius 3 is 2.62 bits per heavy atom. The summed E-state index contributed by atoms with van der Waals surface area (Å²) >= 11 is 0. The molecule has 2 aromatic carbocycles. The Kier molecular flexibility index (Phi) is 5.87. The quantitative estimate of drug-likeness (QED) is 0.408. The number of pyridine rings is 1. The highest BCUT2D eigenvalue weighted by Crippen LogP contribution is 2.36. The van der Waals surface area contributed by atoms with E-state index in [9.17, 15) is 12.8 Å². The van der Waals surface area contributed by atoms with Crippen molar-refractivity contribution in [2.24, 2.45) is 0 Å². The Morgan fingerprint density at radius 1 is 1.09 bits per heavy atom. The third-order valence-corrected chi connectivity index (χ3v) is 7.93. The van der Waals surface area contributed by atoms with Gasteiger partial charge < -0.3 is 10.7 Å². The number of sulfonamides is 1. The van der Waals surface area contributed by atoms with Crippen LogP contribution < -0.4 is 5.73 Å². The van der Waals surface area contributed by atoms with E-state index in [2.05, 4.69) is 16.0 Å². The number of aromatic nitrogens is 2. The Balaban J connectivity index is 1.51. The standard InChI is InChI=1S/C26H27FN4O2S/c1-34(32,33)31-11-8-18(9-12-31)25-16-24-22(7-10-29-26(24)30-25)23-15-21(28)6-5-19(23)13-17-3-2-4-20(27)14-17/h2-7,10,14-16,18H,8-9,11-13,28H2,1H3,(H,29,30). The molecule has 1 fully saturated rings. The number of piperidine rings is 1. The summed E-state index contributed by atoms with van der Waals surface area (Å²) in [6.45, 7) is 1.04. The van der Waals surface area contributed by atoms with Crippen LogP contribution in [0, 0.1) is 5.82 Å². The largest absolute Gasteiger partial charge is 0.399 e. The van der Waals surface area contributed by atoms with Crippen LogP contribution in [0.2, 0.25) is 0 Å². The molecule has 176 valence electrons. The number of aromatic amines is 1. The molecule has 0 spiro atoms. The minimum atomic E-state index is -3.16. The van der Waals surface area contributed by atoms with Crippen LogP contribution in [0.3, 0.4) is 0 Å². The molecule has 0 saturated carbocycles. The minimum Gasteiger partial charge on any atom is -0.399 e. The number of rotatable bonds is 5. The first kappa shape index (κ1) is 22.6. The minimum absolute atomic E-state index is 0.243. The van der Waals surface area contributed by atoms with Gasteiger partial charge in [0.1, 0.15) is 11.5 Å². The Labute approximate surface area is 198 Å². The topological polar surface area (TPSA) is 92.1 Å². The van der Waals surface area contributed by atoms with Crippen LogP contribution in [0.25, 0.3) is 22.2 Å². The number of nitrogens with zero attached hydrogens (tertiary/aromatic N) is 2. The fourth-order valence-electron chi connectivity index (χ4n) is 4.87. The van der Waals surface area contributed by atoms with Crippen molar-refractivity contribution in [3.05, 3.63) is 83.4 Å². The Hall–Kier alpha value is -3.23. The van der Waals surface area contributed by atoms with Gasteiger partial charge in [0, 0.05) is 42.0 Å². The number of nitrogens with one attached hydrogen (secondary N) is 1. The van der Waals surface area contributed by atoms with E-state index in [0.29, 0.717) is 25.2 Å². The van der Waals surface area contributed by atoms with Crippen molar-refractivity contribution >= 4 is 26.7 Å². The Morgan fingerprint density at radius 2 is 1.88 bits per heavy atom. The maximum Gasteiger partial charge on any atom is 0.211 e. The molecule has 3 N–H and O–H groups in total. The summed E-state index contributed by atoms with van der Waals surface area (Å²) in [6.07, 6.45) is 5.15. The van der Waals surface area contributed by atoms with E-state index in [4.69, 9.17) is 5.73 Å². The van der Waals surface area contributed by atoms with Crippen molar-refractivity contribution in [2.75, 3.05) is 25.1 Å². The molecule has 0 aliphatic carbocycles. The molecule has 1 aliphatic rings. The van der Waals surface area contributed by atoms with Crippen LogP contribution in [-0.4, -0.2) is 42.0 Å². The van der Waals surface area contributed by atoms with Crippen LogP contribution in [0.1, 0.15) is 35.6 Å². The summed E-state index contributed by atoms with van der Waals surface area (Å²) in [5.74, 6) is -0.00866. The molecule has 0 bridgehead atoms. The summed E-state index contributed by atoms with van der Waals surface area (Å²) in [5, 5.41) is 0.995. The van der Waals surface area contributed by atoms with Gasteiger partial charge in [0.15, 0.2) is 0 Å². The van der Waals surface area contributed by atoms with Crippen molar-refractivity contribution in [3.63, 3.8) is 0 Å². The molecule has 34 heavy (non-hydrogen) atoms. The summed E-state index contributed by atoms with van der Waals surface area (Å²) < 4.78 is 39.0. The molecule has 1 aliphatic heterocycles. The van der Waals surface area contributed by atoms with Gasteiger partial charge in [-0.3, -0.25) is 0 Å². The van der Waals surface area contributed by atoms with Gasteiger partial charge in [-0.25, -0.2) is 22.1 Å². The maximum atomic E-state index is 13.8. The van der Waals surface area contributed by atoms with E-state index in [1.165, 1.54) is 12.3 Å². The van der Waals surface area contributed by atoms with Crippen LogP contribution in [0.4, 0.5) is 10.1 Å². The summed E-state index contributed by atoms with van der Waals surface area (Å²) in [6, 6.07) is 16.6. The van der Waals surface area contributed by atoms with Gasteiger partial charge in [0.05, 0.1) is 6.26 Å². The number of H-pyrrole nitrogens is 1. The van der Waals surface area contributed by atoms with Crippen molar-refractivity contribution in [1.82, 2.24) is 14.3 Å². The number of hydrogen-bond acceptors (Lipinski definition) is 4. The van der Waals surface area contributed by atoms with Gasteiger partial charge in [-0.1, -0.05) is 18.2 Å². The number of anilines is 1. The summed E-state index contributed by atoms with van der Waals surface area (Å²) in [7, 11) is -3.16. The van der Waals surface area contributed by atoms with Crippen LogP contribution in [-0.2, 0) is 16.4 Å². The van der Waals surface area contributed by atoms with Crippen molar-refractivity contribution < 1.29 is 12.8 Å². The molecule has 0 radical (unpaired) electrons. The molecule has 2 aromatic heterocycles. The number of nitrogen functional groups attached to an aromatic ring is 1. The second kappa shape index (κ2) is 8.85. The second-order valence-electron chi connectivity index (χ2n) is 9.01. The van der Waals surface area contributed by atoms with Crippen molar-refractivity contribution in [2.45, 2.75) is 25.2 Å². The average Bonchev–Trinajstić information content (AvgIpc) is 3.24. The third kappa shape index (κ3) is 4.56. The Bertz CT molecular complexity index is 1460. The van der Waals surface area contributed by atoms with E-state index in [-0.39, 0.29) is 11.7 Å². The van der Waals surface area contributed by atoms with Gasteiger partial charge in [-0.15, -0.1) is 0 Å². The first-order valence-corrected chi connectivity index (χ1v) is 13.2. The lowest BCUT2D eigenvalue weighted by Crippen LogP contribution is -2.37. The number of fused-ring (bicyclic) bond motifs is 1. The SMILES string of the molecule is CS(=O)(=O)N1CCC(c2cc3c(-c4cc(N)ccc4Cc4cccc(F)c4)ccnc3[nH]2)CC1. The fourth-order valence-corrected chi connectivity index (χ4v) is 5.74. The molecular formula is C26H27FN4O2S. The van der Waals surface area contributed by atoms with Gasteiger partial charge in [0.25, 0.3) is 0 Å². The molecule has 5 rings (SSSR count). The average molecular weight is 479 g/mol. The zero-order valence-corrected chi connectivity index (χ0v) is 19.8. The summed E-state index contributed by atoms with van der Waals surface area (Å²) in [5.41, 5.74) is 12.6. The van der Waals surface area contributed by atoms with E-state index in [1.54, 1.807) is 22.6 Å². The van der Waals surface area contributed by atoms with E-state index >= 15 is 0 Å².